The lowest BCUT2D eigenvalue weighted by atomic mass is 10.1. The van der Waals surface area contributed by atoms with Gasteiger partial charge in [-0.25, -0.2) is 4.39 Å². The van der Waals surface area contributed by atoms with Gasteiger partial charge in [0, 0.05) is 35.6 Å². The Labute approximate surface area is 127 Å². The third-order valence-electron chi connectivity index (χ3n) is 3.37. The van der Waals surface area contributed by atoms with Crippen molar-refractivity contribution in [3.05, 3.63) is 34.6 Å². The summed E-state index contributed by atoms with van der Waals surface area (Å²) in [6.45, 7) is 3.31. The van der Waals surface area contributed by atoms with Crippen LogP contribution >= 0.6 is 27.5 Å². The monoisotopic (exact) mass is 349 g/mol. The van der Waals surface area contributed by atoms with E-state index in [0.29, 0.717) is 23.2 Å². The molecule has 1 fully saturated rings. The van der Waals surface area contributed by atoms with E-state index in [9.17, 15) is 4.39 Å². The van der Waals surface area contributed by atoms with Gasteiger partial charge in [0.2, 0.25) is 0 Å². The van der Waals surface area contributed by atoms with Crippen molar-refractivity contribution >= 4 is 27.5 Å². The highest BCUT2D eigenvalue weighted by atomic mass is 79.9. The molecule has 0 unspecified atom stereocenters. The van der Waals surface area contributed by atoms with E-state index in [2.05, 4.69) is 20.8 Å². The molecule has 0 bridgehead atoms. The molecule has 1 heterocycles. The first-order valence-electron chi connectivity index (χ1n) is 6.53. The Morgan fingerprint density at radius 1 is 1.37 bits per heavy atom. The van der Waals surface area contributed by atoms with Crippen LogP contribution in [0.2, 0.25) is 5.02 Å². The van der Waals surface area contributed by atoms with Crippen LogP contribution in [0.3, 0.4) is 0 Å². The minimum Gasteiger partial charge on any atom is -0.377 e. The van der Waals surface area contributed by atoms with Gasteiger partial charge in [-0.15, -0.1) is 0 Å². The minimum absolute atomic E-state index is 0.217. The second-order valence-electron chi connectivity index (χ2n) is 4.77. The Morgan fingerprint density at radius 3 is 2.74 bits per heavy atom. The normalized spacial score (nSPS) is 17.8. The van der Waals surface area contributed by atoms with Crippen molar-refractivity contribution in [1.82, 2.24) is 4.90 Å². The van der Waals surface area contributed by atoms with Crippen molar-refractivity contribution in [2.45, 2.75) is 25.5 Å². The molecule has 2 rings (SSSR count). The van der Waals surface area contributed by atoms with E-state index in [0.717, 1.165) is 37.9 Å². The fraction of sp³-hybridized carbons (Fsp3) is 0.571. The SMILES string of the molecule is Fc1cc(Cl)ccc1CN1CCC(OCCBr)CC1. The first kappa shape index (κ1) is 15.2. The molecule has 0 radical (unpaired) electrons. The molecule has 0 amide bonds. The Morgan fingerprint density at radius 2 is 2.11 bits per heavy atom. The van der Waals surface area contributed by atoms with E-state index in [1.807, 2.05) is 0 Å². The fourth-order valence-electron chi connectivity index (χ4n) is 2.34. The number of rotatable bonds is 5. The molecular weight excluding hydrogens is 333 g/mol. The summed E-state index contributed by atoms with van der Waals surface area (Å²) in [5.74, 6) is -0.217. The number of likely N-dealkylation sites (tertiary alicyclic amines) is 1. The molecule has 0 aliphatic carbocycles. The van der Waals surface area contributed by atoms with Gasteiger partial charge in [0.15, 0.2) is 0 Å². The molecule has 2 nitrogen and oxygen atoms in total. The Bertz CT molecular complexity index is 410. The molecule has 106 valence electrons. The van der Waals surface area contributed by atoms with Crippen LogP contribution < -0.4 is 0 Å². The van der Waals surface area contributed by atoms with Gasteiger partial charge in [0.1, 0.15) is 5.82 Å². The summed E-state index contributed by atoms with van der Waals surface area (Å²) in [5.41, 5.74) is 0.712. The van der Waals surface area contributed by atoms with Crippen molar-refractivity contribution in [1.29, 1.82) is 0 Å². The van der Waals surface area contributed by atoms with Gasteiger partial charge in [-0.3, -0.25) is 4.90 Å². The zero-order chi connectivity index (χ0) is 13.7. The molecule has 0 atom stereocenters. The van der Waals surface area contributed by atoms with Gasteiger partial charge in [0.05, 0.1) is 12.7 Å². The van der Waals surface area contributed by atoms with Crippen LogP contribution in [0.1, 0.15) is 18.4 Å². The zero-order valence-electron chi connectivity index (χ0n) is 10.7. The van der Waals surface area contributed by atoms with E-state index < -0.39 is 0 Å². The van der Waals surface area contributed by atoms with E-state index >= 15 is 0 Å². The number of halogens is 3. The number of benzene rings is 1. The fourth-order valence-corrected chi connectivity index (χ4v) is 2.68. The van der Waals surface area contributed by atoms with Crippen molar-refractivity contribution in [2.24, 2.45) is 0 Å². The highest BCUT2D eigenvalue weighted by Gasteiger charge is 2.20. The van der Waals surface area contributed by atoms with Crippen LogP contribution in [0.5, 0.6) is 0 Å². The molecule has 0 saturated carbocycles. The number of nitrogens with zero attached hydrogens (tertiary/aromatic N) is 1. The van der Waals surface area contributed by atoms with Crippen LogP contribution in [-0.2, 0) is 11.3 Å². The average molecular weight is 351 g/mol. The summed E-state index contributed by atoms with van der Waals surface area (Å²) in [6.07, 6.45) is 2.38. The van der Waals surface area contributed by atoms with Gasteiger partial charge in [0.25, 0.3) is 0 Å². The van der Waals surface area contributed by atoms with Crippen LogP contribution in [0, 0.1) is 5.82 Å². The van der Waals surface area contributed by atoms with Crippen molar-refractivity contribution in [2.75, 3.05) is 25.0 Å². The quantitative estimate of drug-likeness (QED) is 0.748. The van der Waals surface area contributed by atoms with E-state index in [1.54, 1.807) is 12.1 Å². The molecule has 0 aromatic heterocycles. The summed E-state index contributed by atoms with van der Waals surface area (Å²) < 4.78 is 19.4. The highest BCUT2D eigenvalue weighted by molar-refractivity contribution is 9.09. The van der Waals surface area contributed by atoms with Gasteiger partial charge < -0.3 is 4.74 Å². The van der Waals surface area contributed by atoms with Crippen LogP contribution in [0.15, 0.2) is 18.2 Å². The standard InChI is InChI=1S/C14H18BrClFNO/c15-5-8-19-13-3-6-18(7-4-13)10-11-1-2-12(16)9-14(11)17/h1-2,9,13H,3-8,10H2. The predicted octanol–water partition coefficient (Wildman–Crippen LogP) is 3.86. The smallest absolute Gasteiger partial charge is 0.129 e. The minimum atomic E-state index is -0.217. The third kappa shape index (κ3) is 4.71. The number of alkyl halides is 1. The summed E-state index contributed by atoms with van der Waals surface area (Å²) in [6, 6.07) is 4.89. The largest absolute Gasteiger partial charge is 0.377 e. The Kier molecular flexibility index (Phi) is 6.07. The maximum atomic E-state index is 13.7. The maximum Gasteiger partial charge on any atom is 0.129 e. The molecule has 1 aromatic carbocycles. The van der Waals surface area contributed by atoms with Crippen LogP contribution in [0.25, 0.3) is 0 Å². The third-order valence-corrected chi connectivity index (χ3v) is 3.93. The number of hydrogen-bond donors (Lipinski definition) is 0. The highest BCUT2D eigenvalue weighted by Crippen LogP contribution is 2.20. The second-order valence-corrected chi connectivity index (χ2v) is 6.00. The lowest BCUT2D eigenvalue weighted by Crippen LogP contribution is -2.37. The molecule has 1 aliphatic heterocycles. The summed E-state index contributed by atoms with van der Waals surface area (Å²) in [7, 11) is 0. The van der Waals surface area contributed by atoms with Crippen LogP contribution in [-0.4, -0.2) is 36.0 Å². The lowest BCUT2D eigenvalue weighted by Gasteiger charge is -2.31. The summed E-state index contributed by atoms with van der Waals surface area (Å²) in [4.78, 5) is 2.26. The second kappa shape index (κ2) is 7.58. The van der Waals surface area contributed by atoms with Gasteiger partial charge >= 0.3 is 0 Å². The predicted molar refractivity (Wildman–Crippen MR) is 79.5 cm³/mol. The number of piperidine rings is 1. The van der Waals surface area contributed by atoms with E-state index in [1.165, 1.54) is 6.07 Å². The molecule has 0 spiro atoms. The van der Waals surface area contributed by atoms with Gasteiger partial charge in [-0.05, 0) is 25.0 Å². The first-order chi connectivity index (χ1) is 9.19. The van der Waals surface area contributed by atoms with Crippen molar-refractivity contribution < 1.29 is 9.13 Å². The molecule has 5 heteroatoms. The van der Waals surface area contributed by atoms with Crippen molar-refractivity contribution in [3.8, 4) is 0 Å². The maximum absolute atomic E-state index is 13.7. The summed E-state index contributed by atoms with van der Waals surface area (Å²) in [5, 5.41) is 1.33. The molecule has 19 heavy (non-hydrogen) atoms. The zero-order valence-corrected chi connectivity index (χ0v) is 13.1. The number of ether oxygens (including phenoxy) is 1. The topological polar surface area (TPSA) is 12.5 Å². The van der Waals surface area contributed by atoms with Gasteiger partial charge in [-0.1, -0.05) is 33.6 Å². The molecule has 0 N–H and O–H groups in total. The molecular formula is C14H18BrClFNO. The first-order valence-corrected chi connectivity index (χ1v) is 8.03. The molecule has 1 saturated heterocycles. The number of hydrogen-bond acceptors (Lipinski definition) is 2. The van der Waals surface area contributed by atoms with E-state index in [-0.39, 0.29) is 5.82 Å². The van der Waals surface area contributed by atoms with Crippen LogP contribution in [0.4, 0.5) is 4.39 Å². The Hall–Kier alpha value is -0.160. The summed E-state index contributed by atoms with van der Waals surface area (Å²) >= 11 is 9.11. The Balaban J connectivity index is 1.82. The lowest BCUT2D eigenvalue weighted by molar-refractivity contribution is 0.0139. The average Bonchev–Trinajstić information content (AvgIpc) is 2.41. The van der Waals surface area contributed by atoms with E-state index in [4.69, 9.17) is 16.3 Å². The van der Waals surface area contributed by atoms with Gasteiger partial charge in [-0.2, -0.15) is 0 Å². The van der Waals surface area contributed by atoms with Crippen molar-refractivity contribution in [3.63, 3.8) is 0 Å². The molecule has 1 aliphatic rings. The molecule has 1 aromatic rings.